The highest BCUT2D eigenvalue weighted by atomic mass is 16.7. The molecule has 0 bridgehead atoms. The van der Waals surface area contributed by atoms with Gasteiger partial charge in [0.15, 0.2) is 12.6 Å². The third-order valence-electron chi connectivity index (χ3n) is 8.53. The zero-order valence-electron chi connectivity index (χ0n) is 26.0. The molecule has 0 spiro atoms. The molecular formula is C36H53NO6. The van der Waals surface area contributed by atoms with Gasteiger partial charge in [0.05, 0.1) is 13.2 Å². The van der Waals surface area contributed by atoms with Crippen LogP contribution in [0.15, 0.2) is 60.7 Å². The summed E-state index contributed by atoms with van der Waals surface area (Å²) in [6.07, 6.45) is 13.2. The van der Waals surface area contributed by atoms with Crippen molar-refractivity contribution in [2.75, 3.05) is 6.61 Å². The van der Waals surface area contributed by atoms with Gasteiger partial charge in [0.25, 0.3) is 0 Å². The molecule has 0 saturated carbocycles. The molecule has 1 unspecified atom stereocenters. The smallest absolute Gasteiger partial charge is 0.220 e. The molecule has 238 valence electrons. The normalized spacial score (nSPS) is 25.3. The first-order valence-electron chi connectivity index (χ1n) is 16.8. The van der Waals surface area contributed by atoms with Crippen LogP contribution in [0.1, 0.15) is 114 Å². The topological polar surface area (TPSA) is 86.3 Å². The van der Waals surface area contributed by atoms with Gasteiger partial charge in [-0.25, -0.2) is 0 Å². The molecule has 0 radical (unpaired) electrons. The van der Waals surface area contributed by atoms with Gasteiger partial charge in [-0.05, 0) is 12.0 Å². The van der Waals surface area contributed by atoms with E-state index in [-0.39, 0.29) is 12.5 Å². The average Bonchev–Trinajstić information content (AvgIpc) is 3.04. The van der Waals surface area contributed by atoms with Gasteiger partial charge in [-0.1, -0.05) is 145 Å². The Balaban J connectivity index is 1.21. The maximum Gasteiger partial charge on any atom is 0.220 e. The number of benzene rings is 2. The number of amides is 1. The second-order valence-corrected chi connectivity index (χ2v) is 12.1. The molecule has 4 rings (SSSR count). The molecule has 2 saturated heterocycles. The third-order valence-corrected chi connectivity index (χ3v) is 8.53. The van der Waals surface area contributed by atoms with E-state index in [1.54, 1.807) is 0 Å². The van der Waals surface area contributed by atoms with Crippen LogP contribution in [0.4, 0.5) is 0 Å². The van der Waals surface area contributed by atoms with Gasteiger partial charge in [-0.2, -0.15) is 0 Å². The van der Waals surface area contributed by atoms with Crippen molar-refractivity contribution in [1.82, 2.24) is 5.32 Å². The summed E-state index contributed by atoms with van der Waals surface area (Å²) in [4.78, 5) is 13.0. The molecule has 0 aromatic heterocycles. The van der Waals surface area contributed by atoms with Gasteiger partial charge < -0.3 is 29.4 Å². The predicted octanol–water partition coefficient (Wildman–Crippen LogP) is 7.37. The van der Waals surface area contributed by atoms with E-state index in [0.29, 0.717) is 13.0 Å². The van der Waals surface area contributed by atoms with E-state index in [2.05, 4.69) is 12.2 Å². The fourth-order valence-electron chi connectivity index (χ4n) is 5.98. The number of carbonyl (C=O) groups is 1. The molecule has 2 fully saturated rings. The number of hydrogen-bond donors (Lipinski definition) is 2. The number of carbonyl (C=O) groups excluding carboxylic acids is 1. The maximum atomic E-state index is 13.0. The predicted molar refractivity (Wildman–Crippen MR) is 168 cm³/mol. The van der Waals surface area contributed by atoms with Crippen molar-refractivity contribution in [2.45, 2.75) is 140 Å². The molecule has 2 heterocycles. The fraction of sp³-hybridized carbons (Fsp3) is 0.639. The minimum Gasteiger partial charge on any atom is -0.388 e. The summed E-state index contributed by atoms with van der Waals surface area (Å²) in [5.41, 5.74) is 1.86. The molecule has 0 aliphatic carbocycles. The van der Waals surface area contributed by atoms with Crippen LogP contribution in [0, 0.1) is 0 Å². The number of nitrogens with one attached hydrogen (secondary N) is 1. The van der Waals surface area contributed by atoms with Crippen LogP contribution in [0.2, 0.25) is 0 Å². The van der Waals surface area contributed by atoms with Crippen LogP contribution in [-0.2, 0) is 30.3 Å². The lowest BCUT2D eigenvalue weighted by molar-refractivity contribution is -0.345. The van der Waals surface area contributed by atoms with E-state index in [1.807, 2.05) is 60.7 Å². The van der Waals surface area contributed by atoms with Crippen LogP contribution in [0.25, 0.3) is 0 Å². The van der Waals surface area contributed by atoms with E-state index in [4.69, 9.17) is 18.9 Å². The summed E-state index contributed by atoms with van der Waals surface area (Å²) < 4.78 is 24.5. The Kier molecular flexibility index (Phi) is 15.0. The highest BCUT2D eigenvalue weighted by Gasteiger charge is 2.50. The standard InChI is InChI=1S/C36H53NO6/c1-2-3-4-5-6-7-8-9-10-11-12-13-20-25-31(38)37-32-33(39)34-30(27-41-35(43-34)29-23-18-15-19-24-29)42-36(32)40-26-28-21-16-14-17-22-28/h14-19,21-24,30,32-36,39H,2-13,20,25-27H2,1H3,(H,37,38)/t30-,32-,33-,34-,35?,36-/m1/s1. The third kappa shape index (κ3) is 11.3. The zero-order chi connectivity index (χ0) is 30.1. The number of rotatable bonds is 19. The first kappa shape index (κ1) is 33.6. The van der Waals surface area contributed by atoms with Crippen molar-refractivity contribution >= 4 is 5.91 Å². The summed E-state index contributed by atoms with van der Waals surface area (Å²) in [5, 5.41) is 14.5. The van der Waals surface area contributed by atoms with Gasteiger partial charge in [-0.15, -0.1) is 0 Å². The van der Waals surface area contributed by atoms with Crippen molar-refractivity contribution in [1.29, 1.82) is 0 Å². The van der Waals surface area contributed by atoms with Crippen molar-refractivity contribution in [3.8, 4) is 0 Å². The molecule has 2 aromatic rings. The lowest BCUT2D eigenvalue weighted by atomic mass is 9.95. The molecular weight excluding hydrogens is 542 g/mol. The largest absolute Gasteiger partial charge is 0.388 e. The first-order valence-corrected chi connectivity index (χ1v) is 16.8. The van der Waals surface area contributed by atoms with E-state index >= 15 is 0 Å². The maximum absolute atomic E-state index is 13.0. The quantitative estimate of drug-likeness (QED) is 0.165. The second kappa shape index (κ2) is 19.2. The van der Waals surface area contributed by atoms with Crippen molar-refractivity contribution in [3.05, 3.63) is 71.8 Å². The fourth-order valence-corrected chi connectivity index (χ4v) is 5.98. The van der Waals surface area contributed by atoms with Crippen LogP contribution in [0.5, 0.6) is 0 Å². The molecule has 7 heteroatoms. The summed E-state index contributed by atoms with van der Waals surface area (Å²) in [6, 6.07) is 18.7. The molecule has 6 atom stereocenters. The van der Waals surface area contributed by atoms with Crippen molar-refractivity contribution in [2.24, 2.45) is 0 Å². The van der Waals surface area contributed by atoms with Gasteiger partial charge in [-0.3, -0.25) is 4.79 Å². The molecule has 2 aliphatic rings. The van der Waals surface area contributed by atoms with Crippen LogP contribution in [-0.4, -0.2) is 48.3 Å². The Hall–Kier alpha value is -2.29. The Morgan fingerprint density at radius 1 is 0.814 bits per heavy atom. The Labute approximate surface area is 258 Å². The van der Waals surface area contributed by atoms with Gasteiger partial charge in [0.1, 0.15) is 24.4 Å². The van der Waals surface area contributed by atoms with E-state index in [1.165, 1.54) is 64.2 Å². The SMILES string of the molecule is CCCCCCCCCCCCCCCC(=O)N[C@H]1[C@H](OCc2ccccc2)O[C@@H]2COC(c3ccccc3)O[C@H]2[C@@H]1O. The lowest BCUT2D eigenvalue weighted by Crippen LogP contribution is -2.66. The van der Waals surface area contributed by atoms with Gasteiger partial charge >= 0.3 is 0 Å². The molecule has 43 heavy (non-hydrogen) atoms. The van der Waals surface area contributed by atoms with Crippen molar-refractivity contribution < 1.29 is 28.8 Å². The van der Waals surface area contributed by atoms with E-state index in [0.717, 1.165) is 30.4 Å². The second-order valence-electron chi connectivity index (χ2n) is 12.1. The van der Waals surface area contributed by atoms with E-state index in [9.17, 15) is 9.90 Å². The van der Waals surface area contributed by atoms with Crippen LogP contribution in [0.3, 0.4) is 0 Å². The number of fused-ring (bicyclic) bond motifs is 1. The summed E-state index contributed by atoms with van der Waals surface area (Å²) in [5.74, 6) is -0.103. The lowest BCUT2D eigenvalue weighted by Gasteiger charge is -2.47. The highest BCUT2D eigenvalue weighted by Crippen LogP contribution is 2.34. The van der Waals surface area contributed by atoms with Crippen molar-refractivity contribution in [3.63, 3.8) is 0 Å². The number of aliphatic hydroxyl groups excluding tert-OH is 1. The number of unbranched alkanes of at least 4 members (excludes halogenated alkanes) is 12. The Morgan fingerprint density at radius 2 is 1.40 bits per heavy atom. The minimum absolute atomic E-state index is 0.103. The minimum atomic E-state index is -1.01. The summed E-state index contributed by atoms with van der Waals surface area (Å²) >= 11 is 0. The molecule has 1 amide bonds. The first-order chi connectivity index (χ1) is 21.2. The Morgan fingerprint density at radius 3 is 2.02 bits per heavy atom. The molecule has 2 N–H and O–H groups in total. The van der Waals surface area contributed by atoms with Gasteiger partial charge in [0, 0.05) is 12.0 Å². The average molecular weight is 596 g/mol. The summed E-state index contributed by atoms with van der Waals surface area (Å²) in [6.45, 7) is 2.82. The van der Waals surface area contributed by atoms with Gasteiger partial charge in [0.2, 0.25) is 5.91 Å². The Bertz CT molecular complexity index is 1020. The molecule has 2 aliphatic heterocycles. The summed E-state index contributed by atoms with van der Waals surface area (Å²) in [7, 11) is 0. The molecule has 7 nitrogen and oxygen atoms in total. The van der Waals surface area contributed by atoms with Crippen LogP contribution >= 0.6 is 0 Å². The molecule has 2 aromatic carbocycles. The highest BCUT2D eigenvalue weighted by molar-refractivity contribution is 5.76. The monoisotopic (exact) mass is 595 g/mol. The number of ether oxygens (including phenoxy) is 4. The van der Waals surface area contributed by atoms with E-state index < -0.39 is 36.9 Å². The number of hydrogen-bond acceptors (Lipinski definition) is 6. The van der Waals surface area contributed by atoms with Crippen LogP contribution < -0.4 is 5.32 Å². The zero-order valence-corrected chi connectivity index (χ0v) is 26.0. The number of aliphatic hydroxyl groups is 1.